The van der Waals surface area contributed by atoms with E-state index in [1.807, 2.05) is 134 Å². The van der Waals surface area contributed by atoms with Crippen molar-refractivity contribution in [2.45, 2.75) is 57.8 Å². The van der Waals surface area contributed by atoms with E-state index in [-0.39, 0.29) is 25.3 Å². The molecule has 0 radical (unpaired) electrons. The number of nitrogens with one attached hydrogen (secondary N) is 3. The van der Waals surface area contributed by atoms with Crippen LogP contribution in [0.15, 0.2) is 134 Å². The zero-order valence-electron chi connectivity index (χ0n) is 32.1. The Morgan fingerprint density at radius 2 is 1.32 bits per heavy atom. The van der Waals surface area contributed by atoms with Gasteiger partial charge in [0.1, 0.15) is 36.5 Å². The molecule has 0 aliphatic heterocycles. The molecule has 0 aliphatic rings. The second-order valence-electron chi connectivity index (χ2n) is 14.1. The first kappa shape index (κ1) is 40.1. The number of benzene rings is 5. The zero-order chi connectivity index (χ0) is 39.8. The second-order valence-corrected chi connectivity index (χ2v) is 14.1. The minimum Gasteiger partial charge on any atom is -0.497 e. The topological polar surface area (TPSA) is 139 Å². The van der Waals surface area contributed by atoms with Gasteiger partial charge in [0.2, 0.25) is 11.8 Å². The number of aromatic amines is 1. The smallest absolute Gasteiger partial charge is 0.304 e. The number of methoxy groups -OCH3 is 1. The van der Waals surface area contributed by atoms with Crippen molar-refractivity contribution in [1.82, 2.24) is 15.6 Å². The highest BCUT2D eigenvalue weighted by molar-refractivity contribution is 5.91. The summed E-state index contributed by atoms with van der Waals surface area (Å²) in [6.07, 6.45) is 3.81. The summed E-state index contributed by atoms with van der Waals surface area (Å²) in [5.74, 6) is -0.668. The van der Waals surface area contributed by atoms with Gasteiger partial charge in [-0.2, -0.15) is 0 Å². The van der Waals surface area contributed by atoms with Crippen LogP contribution in [-0.2, 0) is 46.9 Å². The second kappa shape index (κ2) is 20.4. The molecule has 1 aromatic heterocycles. The molecule has 0 saturated carbocycles. The van der Waals surface area contributed by atoms with Crippen molar-refractivity contribution < 1.29 is 33.7 Å². The van der Waals surface area contributed by atoms with Crippen molar-refractivity contribution in [1.29, 1.82) is 0 Å². The largest absolute Gasteiger partial charge is 0.497 e. The predicted molar refractivity (Wildman–Crippen MR) is 220 cm³/mol. The predicted octanol–water partition coefficient (Wildman–Crippen LogP) is 7.83. The van der Waals surface area contributed by atoms with Crippen LogP contribution in [-0.4, -0.2) is 47.6 Å². The van der Waals surface area contributed by atoms with Crippen LogP contribution in [0.2, 0.25) is 0 Å². The van der Waals surface area contributed by atoms with E-state index in [1.54, 1.807) is 7.11 Å². The number of para-hydroxylation sites is 1. The Morgan fingerprint density at radius 1 is 0.684 bits per heavy atom. The first-order valence-corrected chi connectivity index (χ1v) is 19.3. The number of aliphatic carboxylic acids is 1. The number of H-pyrrole nitrogens is 1. The Kier molecular flexibility index (Phi) is 14.4. The number of aryl methyl sites for hydroxylation is 1. The molecule has 0 aliphatic carbocycles. The third kappa shape index (κ3) is 12.2. The average molecular weight is 768 g/mol. The van der Waals surface area contributed by atoms with Crippen LogP contribution in [0.4, 0.5) is 0 Å². The zero-order valence-corrected chi connectivity index (χ0v) is 32.1. The van der Waals surface area contributed by atoms with E-state index in [9.17, 15) is 19.5 Å². The van der Waals surface area contributed by atoms with Gasteiger partial charge in [-0.15, -0.1) is 0 Å². The van der Waals surface area contributed by atoms with Crippen LogP contribution in [0.25, 0.3) is 10.9 Å². The maximum atomic E-state index is 14.0. The number of hydrogen-bond donors (Lipinski definition) is 4. The molecule has 57 heavy (non-hydrogen) atoms. The summed E-state index contributed by atoms with van der Waals surface area (Å²) in [6.45, 7) is 1.05. The Morgan fingerprint density at radius 3 is 1.95 bits per heavy atom. The number of hydrogen-bond acceptors (Lipinski definition) is 6. The van der Waals surface area contributed by atoms with Gasteiger partial charge in [0.25, 0.3) is 0 Å². The number of carboxylic acid groups (broad SMARTS) is 1. The summed E-state index contributed by atoms with van der Waals surface area (Å²) < 4.78 is 17.6. The van der Waals surface area contributed by atoms with Crippen molar-refractivity contribution in [3.05, 3.63) is 161 Å². The third-order valence-electron chi connectivity index (χ3n) is 9.85. The molecule has 0 spiro atoms. The van der Waals surface area contributed by atoms with Crippen molar-refractivity contribution in [2.75, 3.05) is 13.7 Å². The number of carbonyl (C=O) groups excluding carboxylic acids is 2. The lowest BCUT2D eigenvalue weighted by molar-refractivity contribution is -0.141. The first-order valence-electron chi connectivity index (χ1n) is 19.3. The normalized spacial score (nSPS) is 12.0. The summed E-state index contributed by atoms with van der Waals surface area (Å²) in [7, 11) is 1.61. The van der Waals surface area contributed by atoms with Crippen molar-refractivity contribution in [2.24, 2.45) is 5.92 Å². The maximum Gasteiger partial charge on any atom is 0.304 e. The van der Waals surface area contributed by atoms with Crippen molar-refractivity contribution >= 4 is 28.7 Å². The van der Waals surface area contributed by atoms with E-state index in [1.165, 1.54) is 0 Å². The Labute approximate surface area is 333 Å². The van der Waals surface area contributed by atoms with Gasteiger partial charge in [0, 0.05) is 42.0 Å². The van der Waals surface area contributed by atoms with Crippen LogP contribution >= 0.6 is 0 Å². The summed E-state index contributed by atoms with van der Waals surface area (Å²) in [6, 6.07) is 40.1. The molecule has 6 aromatic rings. The number of amides is 2. The van der Waals surface area contributed by atoms with Gasteiger partial charge in [0.05, 0.1) is 13.5 Å². The molecule has 0 saturated heterocycles. The molecule has 0 unspecified atom stereocenters. The number of rotatable bonds is 21. The Hall–Kier alpha value is -6.55. The molecule has 0 fully saturated rings. The van der Waals surface area contributed by atoms with Crippen molar-refractivity contribution in [3.8, 4) is 17.2 Å². The van der Waals surface area contributed by atoms with Gasteiger partial charge < -0.3 is 34.9 Å². The van der Waals surface area contributed by atoms with Gasteiger partial charge in [-0.3, -0.25) is 14.4 Å². The fourth-order valence-electron chi connectivity index (χ4n) is 6.78. The number of carboxylic acids is 1. The molecule has 2 amide bonds. The van der Waals surface area contributed by atoms with Crippen LogP contribution in [0.1, 0.15) is 47.1 Å². The lowest BCUT2D eigenvalue weighted by atomic mass is 9.94. The highest BCUT2D eigenvalue weighted by atomic mass is 16.5. The number of aromatic nitrogens is 1. The molecule has 6 rings (SSSR count). The van der Waals surface area contributed by atoms with Crippen LogP contribution in [0, 0.1) is 5.92 Å². The molecular weight excluding hydrogens is 719 g/mol. The highest BCUT2D eigenvalue weighted by Gasteiger charge is 2.28. The van der Waals surface area contributed by atoms with E-state index >= 15 is 0 Å². The van der Waals surface area contributed by atoms with Gasteiger partial charge >= 0.3 is 5.97 Å². The van der Waals surface area contributed by atoms with Crippen LogP contribution < -0.4 is 24.8 Å². The fraction of sp³-hybridized carbons (Fsp3) is 0.255. The summed E-state index contributed by atoms with van der Waals surface area (Å²) in [4.78, 5) is 42.9. The molecule has 294 valence electrons. The Balaban J connectivity index is 1.14. The van der Waals surface area contributed by atoms with Gasteiger partial charge in [-0.25, -0.2) is 0 Å². The van der Waals surface area contributed by atoms with Crippen molar-refractivity contribution in [3.63, 3.8) is 0 Å². The molecule has 5 aromatic carbocycles. The number of ether oxygens (including phenoxy) is 3. The lowest BCUT2D eigenvalue weighted by Gasteiger charge is -2.22. The average Bonchev–Trinajstić information content (AvgIpc) is 3.65. The minimum atomic E-state index is -1.07. The van der Waals surface area contributed by atoms with Gasteiger partial charge in [-0.1, -0.05) is 91.0 Å². The lowest BCUT2D eigenvalue weighted by Crippen LogP contribution is -2.50. The van der Waals surface area contributed by atoms with Gasteiger partial charge in [0.15, 0.2) is 0 Å². The van der Waals surface area contributed by atoms with E-state index in [4.69, 9.17) is 14.2 Å². The standard InChI is InChI=1S/C47H49N3O7/c1-55-39-21-19-33(20-22-39)15-10-16-37(28-45(51)52)46(53)50-44(27-38-30-49-43-18-9-8-17-42(38)43)47(54)48-24-23-36-25-40(56-31-34-11-4-2-5-12-34)29-41(26-36)57-32-35-13-6-3-7-14-35/h2-9,11-14,17-22,25-26,29-30,37,44,49H,10,15-16,23-24,27-28,31-32H2,1H3,(H,48,54)(H,50,53)(H,51,52)/t37-,44+/m1/s1. The molecule has 0 bridgehead atoms. The molecule has 1 heterocycles. The summed E-state index contributed by atoms with van der Waals surface area (Å²) in [5, 5.41) is 16.6. The summed E-state index contributed by atoms with van der Waals surface area (Å²) >= 11 is 0. The highest BCUT2D eigenvalue weighted by Crippen LogP contribution is 2.26. The molecule has 10 nitrogen and oxygen atoms in total. The summed E-state index contributed by atoms with van der Waals surface area (Å²) in [5.41, 5.74) is 5.81. The SMILES string of the molecule is COc1ccc(CCC[C@H](CC(=O)O)C(=O)N[C@@H](Cc2c[nH]c3ccccc23)C(=O)NCCc2cc(OCc3ccccc3)cc(OCc3ccccc3)c2)cc1. The van der Waals surface area contributed by atoms with Crippen LogP contribution in [0.3, 0.4) is 0 Å². The van der Waals surface area contributed by atoms with Gasteiger partial charge in [-0.05, 0) is 83.8 Å². The maximum absolute atomic E-state index is 14.0. The fourth-order valence-corrected chi connectivity index (χ4v) is 6.78. The third-order valence-corrected chi connectivity index (χ3v) is 9.85. The van der Waals surface area contributed by atoms with E-state index in [2.05, 4.69) is 15.6 Å². The first-order chi connectivity index (χ1) is 27.8. The molecule has 10 heteroatoms. The van der Waals surface area contributed by atoms with E-state index in [0.29, 0.717) is 50.4 Å². The molecule has 4 N–H and O–H groups in total. The van der Waals surface area contributed by atoms with E-state index in [0.717, 1.165) is 44.5 Å². The molecule has 2 atom stereocenters. The van der Waals surface area contributed by atoms with E-state index < -0.39 is 23.8 Å². The van der Waals surface area contributed by atoms with Crippen LogP contribution in [0.5, 0.6) is 17.2 Å². The number of fused-ring (bicyclic) bond motifs is 1. The Bertz CT molecular complexity index is 2140. The molecular formula is C47H49N3O7. The minimum absolute atomic E-state index is 0.216. The monoisotopic (exact) mass is 767 g/mol. The quantitative estimate of drug-likeness (QED) is 0.0586. The number of carbonyl (C=O) groups is 3.